The molecule has 1 aliphatic carbocycles. The van der Waals surface area contributed by atoms with Gasteiger partial charge in [-0.3, -0.25) is 19.3 Å². The predicted octanol–water partition coefficient (Wildman–Crippen LogP) is 2.45. The summed E-state index contributed by atoms with van der Waals surface area (Å²) in [5.41, 5.74) is 0.637. The van der Waals surface area contributed by atoms with Gasteiger partial charge in [0.15, 0.2) is 6.61 Å². The Labute approximate surface area is 168 Å². The van der Waals surface area contributed by atoms with E-state index in [1.54, 1.807) is 12.1 Å². The quantitative estimate of drug-likeness (QED) is 0.445. The summed E-state index contributed by atoms with van der Waals surface area (Å²) in [5, 5.41) is 2.70. The number of thioether (sulfide) groups is 1. The van der Waals surface area contributed by atoms with Gasteiger partial charge in [-0.2, -0.15) is 0 Å². The minimum Gasteiger partial charge on any atom is -0.454 e. The van der Waals surface area contributed by atoms with Crippen molar-refractivity contribution in [3.8, 4) is 0 Å². The average Bonchev–Trinajstić information content (AvgIpc) is 2.96. The van der Waals surface area contributed by atoms with Crippen molar-refractivity contribution in [1.82, 2.24) is 4.90 Å². The van der Waals surface area contributed by atoms with Crippen LogP contribution >= 0.6 is 11.8 Å². The number of hydrogen-bond acceptors (Lipinski definition) is 6. The minimum absolute atomic E-state index is 0.294. The molecule has 150 valence electrons. The summed E-state index contributed by atoms with van der Waals surface area (Å²) >= 11 is 1.49. The third kappa shape index (κ3) is 4.06. The molecule has 1 aromatic rings. The van der Waals surface area contributed by atoms with Crippen molar-refractivity contribution in [2.75, 3.05) is 18.2 Å². The van der Waals surface area contributed by atoms with Gasteiger partial charge in [0.25, 0.3) is 5.91 Å². The lowest BCUT2D eigenvalue weighted by Crippen LogP contribution is -2.45. The van der Waals surface area contributed by atoms with Crippen molar-refractivity contribution in [2.45, 2.75) is 43.5 Å². The number of imide groups is 1. The molecule has 1 N–H and O–H groups in total. The molecule has 0 bridgehead atoms. The van der Waals surface area contributed by atoms with Crippen LogP contribution in [0.3, 0.4) is 0 Å². The van der Waals surface area contributed by atoms with E-state index < -0.39 is 24.5 Å². The number of benzene rings is 1. The molecule has 7 nitrogen and oxygen atoms in total. The molecule has 3 rings (SSSR count). The largest absolute Gasteiger partial charge is 0.454 e. The van der Waals surface area contributed by atoms with Gasteiger partial charge in [0.05, 0.1) is 17.5 Å². The Bertz CT molecular complexity index is 773. The lowest BCUT2D eigenvalue weighted by molar-refractivity contribution is -0.159. The molecule has 28 heavy (non-hydrogen) atoms. The van der Waals surface area contributed by atoms with Crippen molar-refractivity contribution < 1.29 is 23.9 Å². The number of carbonyl (C=O) groups is 4. The zero-order valence-corrected chi connectivity index (χ0v) is 16.8. The molecule has 3 amide bonds. The Hall–Kier alpha value is -2.35. The first kappa shape index (κ1) is 20.4. The molecule has 8 heteroatoms. The Balaban J connectivity index is 1.56. The highest BCUT2D eigenvalue weighted by Gasteiger charge is 2.51. The van der Waals surface area contributed by atoms with Gasteiger partial charge in [-0.25, -0.2) is 4.79 Å². The van der Waals surface area contributed by atoms with Crippen LogP contribution in [0.4, 0.5) is 5.69 Å². The summed E-state index contributed by atoms with van der Waals surface area (Å²) in [6.45, 7) is 0.991. The van der Waals surface area contributed by atoms with Gasteiger partial charge in [-0.1, -0.05) is 25.0 Å². The van der Waals surface area contributed by atoms with E-state index in [0.717, 1.165) is 22.6 Å². The SMILES string of the molecule is CSc1ccccc1NC(=O)COC(=O)[C@H](C)N1C(=O)[C@H]2CCCC[C@H]2C1=O. The normalized spacial score (nSPS) is 22.6. The molecule has 1 heterocycles. The Morgan fingerprint density at radius 2 is 1.79 bits per heavy atom. The van der Waals surface area contributed by atoms with E-state index >= 15 is 0 Å². The number of fused-ring (bicyclic) bond motifs is 1. The number of esters is 1. The van der Waals surface area contributed by atoms with Crippen molar-refractivity contribution in [2.24, 2.45) is 11.8 Å². The summed E-state index contributed by atoms with van der Waals surface area (Å²) in [6.07, 6.45) is 5.11. The van der Waals surface area contributed by atoms with Gasteiger partial charge >= 0.3 is 5.97 Å². The molecule has 2 fully saturated rings. The highest BCUT2D eigenvalue weighted by atomic mass is 32.2. The Kier molecular flexibility index (Phi) is 6.39. The van der Waals surface area contributed by atoms with Gasteiger partial charge in [0, 0.05) is 4.90 Å². The Morgan fingerprint density at radius 3 is 2.39 bits per heavy atom. The van der Waals surface area contributed by atoms with Crippen LogP contribution in [0.2, 0.25) is 0 Å². The van der Waals surface area contributed by atoms with E-state index in [-0.39, 0.29) is 23.7 Å². The number of nitrogens with one attached hydrogen (secondary N) is 1. The topological polar surface area (TPSA) is 92.8 Å². The zero-order valence-electron chi connectivity index (χ0n) is 16.0. The molecule has 3 atom stereocenters. The van der Waals surface area contributed by atoms with Crippen LogP contribution in [0, 0.1) is 11.8 Å². The third-order valence-electron chi connectivity index (χ3n) is 5.33. The van der Waals surface area contributed by atoms with Gasteiger partial charge < -0.3 is 10.1 Å². The summed E-state index contributed by atoms with van der Waals surface area (Å²) in [7, 11) is 0. The lowest BCUT2D eigenvalue weighted by atomic mass is 9.81. The number of hydrogen-bond donors (Lipinski definition) is 1. The molecule has 1 aliphatic heterocycles. The van der Waals surface area contributed by atoms with E-state index in [1.165, 1.54) is 18.7 Å². The van der Waals surface area contributed by atoms with Crippen molar-refractivity contribution >= 4 is 41.1 Å². The fourth-order valence-corrected chi connectivity index (χ4v) is 4.42. The molecule has 2 aliphatic rings. The number of anilines is 1. The van der Waals surface area contributed by atoms with E-state index in [9.17, 15) is 19.2 Å². The summed E-state index contributed by atoms with van der Waals surface area (Å²) in [5.74, 6) is -2.45. The third-order valence-corrected chi connectivity index (χ3v) is 6.13. The van der Waals surface area contributed by atoms with Crippen LogP contribution in [-0.2, 0) is 23.9 Å². The molecule has 0 spiro atoms. The van der Waals surface area contributed by atoms with Gasteiger partial charge in [0.1, 0.15) is 6.04 Å². The number of carbonyl (C=O) groups excluding carboxylic acids is 4. The van der Waals surface area contributed by atoms with E-state index in [1.807, 2.05) is 18.4 Å². The number of likely N-dealkylation sites (tertiary alicyclic amines) is 1. The summed E-state index contributed by atoms with van der Waals surface area (Å²) < 4.78 is 5.07. The van der Waals surface area contributed by atoms with Crippen molar-refractivity contribution in [1.29, 1.82) is 0 Å². The van der Waals surface area contributed by atoms with Gasteiger partial charge in [-0.15, -0.1) is 11.8 Å². The molecule has 0 radical (unpaired) electrons. The number of para-hydroxylation sites is 1. The van der Waals surface area contributed by atoms with Crippen molar-refractivity contribution in [3.63, 3.8) is 0 Å². The molecule has 0 unspecified atom stereocenters. The van der Waals surface area contributed by atoms with Crippen molar-refractivity contribution in [3.05, 3.63) is 24.3 Å². The standard InChI is InChI=1S/C20H24N2O5S/c1-12(22-18(24)13-7-3-4-8-14(13)19(22)25)20(26)27-11-17(23)21-15-9-5-6-10-16(15)28-2/h5-6,9-10,12-14H,3-4,7-8,11H2,1-2H3,(H,21,23)/t12-,13-,14+/m0/s1. The average molecular weight is 404 g/mol. The first-order valence-corrected chi connectivity index (χ1v) is 10.6. The van der Waals surface area contributed by atoms with Crippen LogP contribution in [0.25, 0.3) is 0 Å². The number of amides is 3. The maximum absolute atomic E-state index is 12.6. The lowest BCUT2D eigenvalue weighted by Gasteiger charge is -2.21. The van der Waals surface area contributed by atoms with Crippen LogP contribution < -0.4 is 5.32 Å². The first-order chi connectivity index (χ1) is 13.4. The Morgan fingerprint density at radius 1 is 1.18 bits per heavy atom. The van der Waals surface area contributed by atoms with Crippen LogP contribution in [0.1, 0.15) is 32.6 Å². The second-order valence-corrected chi connectivity index (χ2v) is 7.92. The molecule has 0 aromatic heterocycles. The molecule has 1 saturated carbocycles. The van der Waals surface area contributed by atoms with E-state index in [4.69, 9.17) is 4.74 Å². The monoisotopic (exact) mass is 404 g/mol. The van der Waals surface area contributed by atoms with Crippen LogP contribution in [-0.4, -0.2) is 47.5 Å². The fourth-order valence-electron chi connectivity index (χ4n) is 3.87. The smallest absolute Gasteiger partial charge is 0.329 e. The maximum Gasteiger partial charge on any atom is 0.329 e. The van der Waals surface area contributed by atoms with Gasteiger partial charge in [0.2, 0.25) is 11.8 Å². The second kappa shape index (κ2) is 8.77. The highest BCUT2D eigenvalue weighted by Crippen LogP contribution is 2.38. The van der Waals surface area contributed by atoms with E-state index in [0.29, 0.717) is 18.5 Å². The molecule has 1 aromatic carbocycles. The molecule has 1 saturated heterocycles. The zero-order chi connectivity index (χ0) is 20.3. The van der Waals surface area contributed by atoms with Crippen LogP contribution in [0.15, 0.2) is 29.2 Å². The summed E-state index contributed by atoms with van der Waals surface area (Å²) in [6, 6.07) is 6.27. The first-order valence-electron chi connectivity index (χ1n) is 9.40. The second-order valence-electron chi connectivity index (χ2n) is 7.08. The molecular formula is C20H24N2O5S. The minimum atomic E-state index is -1.03. The maximum atomic E-state index is 12.6. The summed E-state index contributed by atoms with van der Waals surface area (Å²) in [4.78, 5) is 51.5. The van der Waals surface area contributed by atoms with E-state index in [2.05, 4.69) is 5.32 Å². The predicted molar refractivity (Wildman–Crippen MR) is 105 cm³/mol. The van der Waals surface area contributed by atoms with Crippen LogP contribution in [0.5, 0.6) is 0 Å². The number of ether oxygens (including phenoxy) is 1. The molecular weight excluding hydrogens is 380 g/mol. The number of rotatable bonds is 6. The van der Waals surface area contributed by atoms with Gasteiger partial charge in [-0.05, 0) is 38.2 Å². The highest BCUT2D eigenvalue weighted by molar-refractivity contribution is 7.98. The fraction of sp³-hybridized carbons (Fsp3) is 0.500. The number of nitrogens with zero attached hydrogens (tertiary/aromatic N) is 1.